The SMILES string of the molecule is CCCCC/C=C\C=C/CCCCCCCCCCC(O)CC(=O)NC(COP(=O)(O)OC1C(O)C(O)C(O)C(O)C1O)C(O)/C=C/CC/C=C/CCCCCCCCCCCCCCCCC. The maximum Gasteiger partial charge on any atom is 0.472 e. The second kappa shape index (κ2) is 42.9. The van der Waals surface area contributed by atoms with Crippen molar-refractivity contribution in [3.05, 3.63) is 48.6 Å². The second-order valence-corrected chi connectivity index (χ2v) is 20.7. The standard InChI is InChI=1S/C54H100NO12P/c1-3-5-7-9-11-13-15-17-19-21-22-23-24-26-28-30-32-34-36-38-40-42-47(57)46(44-66-68(64,65)67-54-52(62)50(60)49(59)51(61)53(54)63)55-48(58)43-45(56)41-39-37-35-33-31-29-27-25-20-18-16-14-12-10-8-6-4-2/h12,14,16,18,32,34,40,42,45-47,49-54,56-57,59-63H,3-11,13,15,17,19-31,33,35-39,41,43-44H2,1-2H3,(H,55,58)(H,64,65)/b14-12-,18-16-,34-32+,42-40+. The van der Waals surface area contributed by atoms with Gasteiger partial charge in [0.1, 0.15) is 36.6 Å². The molecule has 13 nitrogen and oxygen atoms in total. The number of carbonyl (C=O) groups is 1. The van der Waals surface area contributed by atoms with E-state index in [-0.39, 0.29) is 6.42 Å². The first-order chi connectivity index (χ1) is 32.8. The van der Waals surface area contributed by atoms with Crippen molar-refractivity contribution >= 4 is 13.7 Å². The molecule has 1 saturated carbocycles. The number of aliphatic hydroxyl groups excluding tert-OH is 7. The van der Waals surface area contributed by atoms with E-state index in [1.807, 2.05) is 0 Å². The quantitative estimate of drug-likeness (QED) is 0.0120. The molecule has 68 heavy (non-hydrogen) atoms. The van der Waals surface area contributed by atoms with Crippen LogP contribution >= 0.6 is 7.82 Å². The summed E-state index contributed by atoms with van der Waals surface area (Å²) in [7, 11) is -5.16. The van der Waals surface area contributed by atoms with Crippen molar-refractivity contribution in [1.82, 2.24) is 5.32 Å². The molecule has 0 aliphatic heterocycles. The number of amides is 1. The molecule has 398 valence electrons. The van der Waals surface area contributed by atoms with Gasteiger partial charge in [-0.15, -0.1) is 0 Å². The van der Waals surface area contributed by atoms with Gasteiger partial charge >= 0.3 is 7.82 Å². The third kappa shape index (κ3) is 33.8. The molecule has 0 radical (unpaired) electrons. The Morgan fingerprint density at radius 1 is 0.529 bits per heavy atom. The average Bonchev–Trinajstić information content (AvgIpc) is 3.31. The van der Waals surface area contributed by atoms with Crippen LogP contribution in [-0.4, -0.2) is 108 Å². The Morgan fingerprint density at radius 2 is 0.912 bits per heavy atom. The van der Waals surface area contributed by atoms with Crippen LogP contribution in [0.1, 0.15) is 226 Å². The van der Waals surface area contributed by atoms with Gasteiger partial charge in [0.15, 0.2) is 0 Å². The lowest BCUT2D eigenvalue weighted by Crippen LogP contribution is -2.64. The van der Waals surface area contributed by atoms with E-state index in [1.54, 1.807) is 6.08 Å². The van der Waals surface area contributed by atoms with Crippen molar-refractivity contribution in [2.45, 2.75) is 281 Å². The number of rotatable bonds is 45. The maximum atomic E-state index is 13.1. The summed E-state index contributed by atoms with van der Waals surface area (Å²) in [5.41, 5.74) is 0. The van der Waals surface area contributed by atoms with E-state index >= 15 is 0 Å². The molecule has 0 aromatic heterocycles. The first kappa shape index (κ1) is 64.3. The van der Waals surface area contributed by atoms with Gasteiger partial charge in [-0.1, -0.05) is 210 Å². The summed E-state index contributed by atoms with van der Waals surface area (Å²) in [6, 6.07) is -1.26. The third-order valence-corrected chi connectivity index (χ3v) is 13.9. The number of allylic oxidation sites excluding steroid dienone is 7. The average molecular weight is 986 g/mol. The fraction of sp³-hybridized carbons (Fsp3) is 0.833. The molecule has 9 N–H and O–H groups in total. The molecule has 0 aromatic carbocycles. The van der Waals surface area contributed by atoms with Crippen LogP contribution in [0, 0.1) is 0 Å². The van der Waals surface area contributed by atoms with Crippen LogP contribution in [-0.2, 0) is 18.4 Å². The van der Waals surface area contributed by atoms with Crippen LogP contribution < -0.4 is 5.32 Å². The normalized spacial score (nSPS) is 22.4. The number of phosphoric ester groups is 1. The lowest BCUT2D eigenvalue weighted by molar-refractivity contribution is -0.220. The summed E-state index contributed by atoms with van der Waals surface area (Å²) < 4.78 is 23.0. The Morgan fingerprint density at radius 3 is 1.41 bits per heavy atom. The predicted molar refractivity (Wildman–Crippen MR) is 275 cm³/mol. The van der Waals surface area contributed by atoms with Gasteiger partial charge in [0.25, 0.3) is 0 Å². The number of carbonyl (C=O) groups excluding carboxylic acids is 1. The van der Waals surface area contributed by atoms with Gasteiger partial charge in [-0.05, 0) is 57.8 Å². The van der Waals surface area contributed by atoms with Crippen molar-refractivity contribution in [3.8, 4) is 0 Å². The summed E-state index contributed by atoms with van der Waals surface area (Å²) in [5, 5.41) is 74.7. The summed E-state index contributed by atoms with van der Waals surface area (Å²) in [5.74, 6) is -0.606. The van der Waals surface area contributed by atoms with Crippen molar-refractivity contribution in [3.63, 3.8) is 0 Å². The topological polar surface area (TPSA) is 226 Å². The van der Waals surface area contributed by atoms with Crippen LogP contribution in [0.25, 0.3) is 0 Å². The third-order valence-electron chi connectivity index (χ3n) is 12.9. The number of phosphoric acid groups is 1. The molecule has 0 aromatic rings. The number of hydrogen-bond donors (Lipinski definition) is 9. The molecule has 0 spiro atoms. The van der Waals surface area contributed by atoms with Crippen LogP contribution in [0.15, 0.2) is 48.6 Å². The minimum Gasteiger partial charge on any atom is -0.393 e. The van der Waals surface area contributed by atoms with Crippen LogP contribution in [0.5, 0.6) is 0 Å². The molecule has 1 amide bonds. The Kier molecular flexibility index (Phi) is 40.5. The lowest BCUT2D eigenvalue weighted by Gasteiger charge is -2.41. The van der Waals surface area contributed by atoms with E-state index in [2.05, 4.69) is 55.6 Å². The molecule has 1 fully saturated rings. The van der Waals surface area contributed by atoms with Crippen molar-refractivity contribution < 1.29 is 59.0 Å². The van der Waals surface area contributed by atoms with Gasteiger partial charge in [0.2, 0.25) is 5.91 Å². The van der Waals surface area contributed by atoms with Crippen molar-refractivity contribution in [2.24, 2.45) is 0 Å². The van der Waals surface area contributed by atoms with Crippen LogP contribution in [0.2, 0.25) is 0 Å². The number of unbranched alkanes of at least 4 members (excludes halogenated alkanes) is 27. The van der Waals surface area contributed by atoms with E-state index in [0.29, 0.717) is 12.8 Å². The van der Waals surface area contributed by atoms with Crippen molar-refractivity contribution in [1.29, 1.82) is 0 Å². The van der Waals surface area contributed by atoms with Gasteiger partial charge in [0, 0.05) is 0 Å². The molecule has 0 saturated heterocycles. The maximum absolute atomic E-state index is 13.1. The summed E-state index contributed by atoms with van der Waals surface area (Å²) in [6.07, 6.45) is 39.0. The molecule has 8 atom stereocenters. The fourth-order valence-corrected chi connectivity index (χ4v) is 9.45. The highest BCUT2D eigenvalue weighted by molar-refractivity contribution is 7.47. The largest absolute Gasteiger partial charge is 0.472 e. The first-order valence-electron chi connectivity index (χ1n) is 27.2. The Bertz CT molecular complexity index is 1350. The van der Waals surface area contributed by atoms with Gasteiger partial charge in [-0.2, -0.15) is 0 Å². The summed E-state index contributed by atoms with van der Waals surface area (Å²) >= 11 is 0. The Labute approximate surface area is 412 Å². The highest BCUT2D eigenvalue weighted by atomic mass is 31.2. The highest BCUT2D eigenvalue weighted by Crippen LogP contribution is 2.47. The number of nitrogens with one attached hydrogen (secondary N) is 1. The number of aliphatic hydroxyl groups is 7. The van der Waals surface area contributed by atoms with Gasteiger partial charge in [-0.25, -0.2) is 4.57 Å². The van der Waals surface area contributed by atoms with E-state index < -0.39 is 75.2 Å². The van der Waals surface area contributed by atoms with Crippen LogP contribution in [0.4, 0.5) is 0 Å². The highest BCUT2D eigenvalue weighted by Gasteiger charge is 2.51. The van der Waals surface area contributed by atoms with E-state index in [9.17, 15) is 50.0 Å². The number of hydrogen-bond acceptors (Lipinski definition) is 11. The minimum absolute atomic E-state index is 0.258. The second-order valence-electron chi connectivity index (χ2n) is 19.3. The molecular weight excluding hydrogens is 886 g/mol. The van der Waals surface area contributed by atoms with E-state index in [1.165, 1.54) is 141 Å². The first-order valence-corrected chi connectivity index (χ1v) is 28.7. The molecule has 0 bridgehead atoms. The summed E-state index contributed by atoms with van der Waals surface area (Å²) in [6.45, 7) is 3.73. The zero-order valence-corrected chi connectivity index (χ0v) is 43.4. The molecular formula is C54H100NO12P. The zero-order valence-electron chi connectivity index (χ0n) is 42.5. The van der Waals surface area contributed by atoms with Crippen LogP contribution in [0.3, 0.4) is 0 Å². The molecule has 0 heterocycles. The lowest BCUT2D eigenvalue weighted by atomic mass is 9.85. The molecule has 1 rings (SSSR count). The van der Waals surface area contributed by atoms with Gasteiger partial charge in [-0.3, -0.25) is 13.8 Å². The molecule has 1 aliphatic carbocycles. The Balaban J connectivity index is 2.49. The molecule has 8 unspecified atom stereocenters. The molecule has 14 heteroatoms. The molecule has 1 aliphatic rings. The van der Waals surface area contributed by atoms with Gasteiger partial charge < -0.3 is 46.0 Å². The smallest absolute Gasteiger partial charge is 0.393 e. The van der Waals surface area contributed by atoms with Crippen molar-refractivity contribution in [2.75, 3.05) is 6.61 Å². The zero-order chi connectivity index (χ0) is 50.1. The van der Waals surface area contributed by atoms with E-state index in [0.717, 1.165) is 57.8 Å². The minimum atomic E-state index is -5.16. The van der Waals surface area contributed by atoms with E-state index in [4.69, 9.17) is 9.05 Å². The summed E-state index contributed by atoms with van der Waals surface area (Å²) in [4.78, 5) is 23.5. The monoisotopic (exact) mass is 986 g/mol. The predicted octanol–water partition coefficient (Wildman–Crippen LogP) is 10.7. The van der Waals surface area contributed by atoms with Gasteiger partial charge in [0.05, 0.1) is 31.3 Å². The fourth-order valence-electron chi connectivity index (χ4n) is 8.48. The Hall–Kier alpha value is -1.74.